The first-order chi connectivity index (χ1) is 6.57. The highest BCUT2D eigenvalue weighted by Gasteiger charge is 2.17. The van der Waals surface area contributed by atoms with E-state index in [1.165, 1.54) is 0 Å². The van der Waals surface area contributed by atoms with Crippen LogP contribution in [0.3, 0.4) is 0 Å². The molecule has 0 bridgehead atoms. The lowest BCUT2D eigenvalue weighted by atomic mass is 10.2. The molecule has 78 valence electrons. The van der Waals surface area contributed by atoms with Crippen molar-refractivity contribution in [3.8, 4) is 0 Å². The highest BCUT2D eigenvalue weighted by atomic mass is 16.2. The Morgan fingerprint density at radius 1 is 1.64 bits per heavy atom. The lowest BCUT2D eigenvalue weighted by Gasteiger charge is -2.16. The fourth-order valence-electron chi connectivity index (χ4n) is 1.33. The second-order valence-electron chi connectivity index (χ2n) is 3.30. The van der Waals surface area contributed by atoms with Crippen LogP contribution in [0, 0.1) is 0 Å². The highest BCUT2D eigenvalue weighted by molar-refractivity contribution is 5.79. The molecule has 1 unspecified atom stereocenters. The van der Waals surface area contributed by atoms with Gasteiger partial charge in [-0.15, -0.1) is 0 Å². The van der Waals surface area contributed by atoms with Crippen LogP contribution in [0.15, 0.2) is 12.5 Å². The number of hydrogen-bond acceptors (Lipinski definition) is 3. The molecule has 1 aromatic heterocycles. The number of carbonyl (C=O) groups excluding carboxylic acids is 1. The van der Waals surface area contributed by atoms with Crippen LogP contribution in [0.4, 0.5) is 0 Å². The molecule has 0 radical (unpaired) electrons. The lowest BCUT2D eigenvalue weighted by Crippen LogP contribution is -2.29. The molecule has 0 aliphatic heterocycles. The Morgan fingerprint density at radius 3 is 2.79 bits per heavy atom. The molecule has 5 nitrogen and oxygen atoms in total. The molecular formula is C9H16N4O. The number of aromatic nitrogens is 2. The zero-order valence-corrected chi connectivity index (χ0v) is 8.69. The summed E-state index contributed by atoms with van der Waals surface area (Å²) in [5.41, 5.74) is 6.61. The van der Waals surface area contributed by atoms with Gasteiger partial charge in [0.2, 0.25) is 5.91 Å². The van der Waals surface area contributed by atoms with Gasteiger partial charge in [0.05, 0.1) is 12.0 Å². The second-order valence-corrected chi connectivity index (χ2v) is 3.30. The zero-order chi connectivity index (χ0) is 10.7. The number of nitrogens with zero attached hydrogens (tertiary/aromatic N) is 2. The van der Waals surface area contributed by atoms with Gasteiger partial charge in [-0.05, 0) is 13.8 Å². The minimum atomic E-state index is -0.275. The first-order valence-electron chi connectivity index (χ1n) is 4.56. The van der Waals surface area contributed by atoms with Gasteiger partial charge in [0.15, 0.2) is 0 Å². The SMILES string of the molecule is CNC(=O)C(C)n1cncc1[C@H](C)N. The average molecular weight is 196 g/mol. The van der Waals surface area contributed by atoms with Crippen LogP contribution in [-0.2, 0) is 4.79 Å². The number of carbonyl (C=O) groups is 1. The summed E-state index contributed by atoms with van der Waals surface area (Å²) in [7, 11) is 1.61. The van der Waals surface area contributed by atoms with E-state index in [4.69, 9.17) is 5.73 Å². The van der Waals surface area contributed by atoms with Crippen LogP contribution >= 0.6 is 0 Å². The maximum atomic E-state index is 11.4. The average Bonchev–Trinajstić information content (AvgIpc) is 2.63. The maximum absolute atomic E-state index is 11.4. The van der Waals surface area contributed by atoms with Crippen LogP contribution < -0.4 is 11.1 Å². The molecule has 1 amide bonds. The molecule has 1 rings (SSSR count). The molecule has 1 aromatic rings. The van der Waals surface area contributed by atoms with Crippen molar-refractivity contribution in [1.29, 1.82) is 0 Å². The third kappa shape index (κ3) is 1.93. The summed E-state index contributed by atoms with van der Waals surface area (Å²) in [6.45, 7) is 3.68. The summed E-state index contributed by atoms with van der Waals surface area (Å²) in [4.78, 5) is 15.4. The van der Waals surface area contributed by atoms with E-state index in [9.17, 15) is 4.79 Å². The fraction of sp³-hybridized carbons (Fsp3) is 0.556. The Kier molecular flexibility index (Phi) is 3.24. The number of nitrogens with two attached hydrogens (primary N) is 1. The minimum Gasteiger partial charge on any atom is -0.357 e. The van der Waals surface area contributed by atoms with Crippen molar-refractivity contribution in [2.24, 2.45) is 5.73 Å². The van der Waals surface area contributed by atoms with Gasteiger partial charge in [0.25, 0.3) is 0 Å². The zero-order valence-electron chi connectivity index (χ0n) is 8.69. The van der Waals surface area contributed by atoms with Crippen molar-refractivity contribution in [2.75, 3.05) is 7.05 Å². The first kappa shape index (κ1) is 10.7. The predicted octanol–water partition coefficient (Wildman–Crippen LogP) is 0.210. The van der Waals surface area contributed by atoms with E-state index in [0.717, 1.165) is 5.69 Å². The molecule has 14 heavy (non-hydrogen) atoms. The van der Waals surface area contributed by atoms with E-state index in [-0.39, 0.29) is 18.0 Å². The van der Waals surface area contributed by atoms with Crippen molar-refractivity contribution in [3.05, 3.63) is 18.2 Å². The molecule has 0 saturated carbocycles. The topological polar surface area (TPSA) is 72.9 Å². The van der Waals surface area contributed by atoms with Crippen LogP contribution in [0.1, 0.15) is 31.6 Å². The Balaban J connectivity index is 2.94. The Hall–Kier alpha value is -1.36. The normalized spacial score (nSPS) is 14.9. The van der Waals surface area contributed by atoms with E-state index in [2.05, 4.69) is 10.3 Å². The predicted molar refractivity (Wildman–Crippen MR) is 53.6 cm³/mol. The molecule has 0 aliphatic carbocycles. The summed E-state index contributed by atoms with van der Waals surface area (Å²) < 4.78 is 1.78. The minimum absolute atomic E-state index is 0.0510. The Bertz CT molecular complexity index is 318. The van der Waals surface area contributed by atoms with Crippen molar-refractivity contribution >= 4 is 5.91 Å². The van der Waals surface area contributed by atoms with Crippen LogP contribution in [-0.4, -0.2) is 22.5 Å². The summed E-state index contributed by atoms with van der Waals surface area (Å²) in [6, 6.07) is -0.395. The molecule has 1 heterocycles. The molecule has 0 spiro atoms. The monoisotopic (exact) mass is 196 g/mol. The van der Waals surface area contributed by atoms with E-state index in [1.54, 1.807) is 24.1 Å². The summed E-state index contributed by atoms with van der Waals surface area (Å²) in [6.07, 6.45) is 3.31. The molecule has 3 N–H and O–H groups in total. The van der Waals surface area contributed by atoms with Crippen LogP contribution in [0.2, 0.25) is 0 Å². The smallest absolute Gasteiger partial charge is 0.242 e. The van der Waals surface area contributed by atoms with Gasteiger partial charge < -0.3 is 15.6 Å². The number of rotatable bonds is 3. The number of nitrogens with one attached hydrogen (secondary N) is 1. The molecule has 0 aromatic carbocycles. The molecule has 0 fully saturated rings. The van der Waals surface area contributed by atoms with E-state index < -0.39 is 0 Å². The van der Waals surface area contributed by atoms with Crippen molar-refractivity contribution in [3.63, 3.8) is 0 Å². The van der Waals surface area contributed by atoms with Gasteiger partial charge in [-0.2, -0.15) is 0 Å². The number of imidazole rings is 1. The number of likely N-dealkylation sites (N-methyl/N-ethyl adjacent to an activating group) is 1. The van der Waals surface area contributed by atoms with E-state index in [1.807, 2.05) is 13.8 Å². The van der Waals surface area contributed by atoms with E-state index in [0.29, 0.717) is 0 Å². The third-order valence-corrected chi connectivity index (χ3v) is 2.21. The second kappa shape index (κ2) is 4.23. The molecular weight excluding hydrogens is 180 g/mol. The highest BCUT2D eigenvalue weighted by Crippen LogP contribution is 2.14. The van der Waals surface area contributed by atoms with Gasteiger partial charge in [0, 0.05) is 19.3 Å². The molecule has 0 saturated heterocycles. The molecule has 2 atom stereocenters. The molecule has 0 aliphatic rings. The summed E-state index contributed by atoms with van der Waals surface area (Å²) in [5, 5.41) is 2.59. The third-order valence-electron chi connectivity index (χ3n) is 2.21. The lowest BCUT2D eigenvalue weighted by molar-refractivity contribution is -0.123. The van der Waals surface area contributed by atoms with Gasteiger partial charge in [0.1, 0.15) is 6.04 Å². The fourth-order valence-corrected chi connectivity index (χ4v) is 1.33. The number of amides is 1. The Labute approximate surface area is 83.3 Å². The van der Waals surface area contributed by atoms with Crippen LogP contribution in [0.25, 0.3) is 0 Å². The van der Waals surface area contributed by atoms with Gasteiger partial charge >= 0.3 is 0 Å². The van der Waals surface area contributed by atoms with Crippen molar-refractivity contribution in [1.82, 2.24) is 14.9 Å². The number of hydrogen-bond donors (Lipinski definition) is 2. The van der Waals surface area contributed by atoms with Gasteiger partial charge in [-0.1, -0.05) is 0 Å². The summed E-state index contributed by atoms with van der Waals surface area (Å²) >= 11 is 0. The quantitative estimate of drug-likeness (QED) is 0.725. The van der Waals surface area contributed by atoms with Crippen molar-refractivity contribution < 1.29 is 4.79 Å². The van der Waals surface area contributed by atoms with Gasteiger partial charge in [-0.25, -0.2) is 4.98 Å². The maximum Gasteiger partial charge on any atom is 0.242 e. The standard InChI is InChI=1S/C9H16N4O/c1-6(10)8-4-12-5-13(8)7(2)9(14)11-3/h4-7H,10H2,1-3H3,(H,11,14)/t6-,7?/m0/s1. The van der Waals surface area contributed by atoms with Crippen LogP contribution in [0.5, 0.6) is 0 Å². The molecule has 5 heteroatoms. The first-order valence-corrected chi connectivity index (χ1v) is 4.56. The van der Waals surface area contributed by atoms with Gasteiger partial charge in [-0.3, -0.25) is 4.79 Å². The Morgan fingerprint density at radius 2 is 2.29 bits per heavy atom. The van der Waals surface area contributed by atoms with E-state index >= 15 is 0 Å². The summed E-state index contributed by atoms with van der Waals surface area (Å²) in [5.74, 6) is -0.0510. The largest absolute Gasteiger partial charge is 0.357 e. The van der Waals surface area contributed by atoms with Crippen molar-refractivity contribution in [2.45, 2.75) is 25.9 Å².